The number of aromatic nitrogens is 1. The molecule has 1 aromatic heterocycles. The number of nitrogens with one attached hydrogen (secondary N) is 1. The molecule has 1 heterocycles. The van der Waals surface area contributed by atoms with Crippen LogP contribution in [-0.2, 0) is 14.3 Å². The summed E-state index contributed by atoms with van der Waals surface area (Å²) in [4.78, 5) is 16.0. The summed E-state index contributed by atoms with van der Waals surface area (Å²) in [5.41, 5.74) is 7.04. The molecule has 2 aromatic rings. The number of methoxy groups -OCH3 is 2. The standard InChI is InChI=1S/C13H17N3O4S/c1-18-3-4-20-7-11(17)15-13-16-12-9(19-2)5-8(14)6-10(12)21-13/h5-6H,3-4,7,14H2,1-2H3,(H,15,16,17). The summed E-state index contributed by atoms with van der Waals surface area (Å²) in [7, 11) is 3.12. The largest absolute Gasteiger partial charge is 0.494 e. The highest BCUT2D eigenvalue weighted by Crippen LogP contribution is 2.34. The molecule has 8 heteroatoms. The molecule has 21 heavy (non-hydrogen) atoms. The van der Waals surface area contributed by atoms with Gasteiger partial charge in [0.15, 0.2) is 5.13 Å². The molecule has 0 spiro atoms. The van der Waals surface area contributed by atoms with Crippen molar-refractivity contribution >= 4 is 38.3 Å². The lowest BCUT2D eigenvalue weighted by Gasteiger charge is -2.03. The van der Waals surface area contributed by atoms with Crippen molar-refractivity contribution in [3.63, 3.8) is 0 Å². The average Bonchev–Trinajstić information content (AvgIpc) is 2.84. The number of carbonyl (C=O) groups is 1. The van der Waals surface area contributed by atoms with E-state index in [0.29, 0.717) is 35.3 Å². The van der Waals surface area contributed by atoms with Gasteiger partial charge in [-0.05, 0) is 6.07 Å². The van der Waals surface area contributed by atoms with Crippen LogP contribution < -0.4 is 15.8 Å². The quantitative estimate of drug-likeness (QED) is 0.594. The third-order valence-electron chi connectivity index (χ3n) is 2.61. The van der Waals surface area contributed by atoms with Crippen molar-refractivity contribution in [1.82, 2.24) is 4.98 Å². The fourth-order valence-corrected chi connectivity index (χ4v) is 2.64. The molecule has 7 nitrogen and oxygen atoms in total. The third kappa shape index (κ3) is 4.03. The van der Waals surface area contributed by atoms with E-state index >= 15 is 0 Å². The van der Waals surface area contributed by atoms with Crippen molar-refractivity contribution in [3.05, 3.63) is 12.1 Å². The highest BCUT2D eigenvalue weighted by molar-refractivity contribution is 7.22. The van der Waals surface area contributed by atoms with Crippen LogP contribution in [0.15, 0.2) is 12.1 Å². The second kappa shape index (κ2) is 7.21. The number of nitrogens with zero attached hydrogens (tertiary/aromatic N) is 1. The first-order valence-electron chi connectivity index (χ1n) is 6.24. The van der Waals surface area contributed by atoms with E-state index in [9.17, 15) is 4.79 Å². The Morgan fingerprint density at radius 3 is 2.90 bits per heavy atom. The van der Waals surface area contributed by atoms with E-state index in [4.69, 9.17) is 19.9 Å². The van der Waals surface area contributed by atoms with E-state index in [1.165, 1.54) is 11.3 Å². The smallest absolute Gasteiger partial charge is 0.252 e. The van der Waals surface area contributed by atoms with Crippen LogP contribution in [0.1, 0.15) is 0 Å². The van der Waals surface area contributed by atoms with Gasteiger partial charge >= 0.3 is 0 Å². The molecule has 3 N–H and O–H groups in total. The molecule has 1 aromatic carbocycles. The lowest BCUT2D eigenvalue weighted by molar-refractivity contribution is -0.121. The summed E-state index contributed by atoms with van der Waals surface area (Å²) < 4.78 is 16.0. The molecule has 0 saturated carbocycles. The van der Waals surface area contributed by atoms with E-state index in [-0.39, 0.29) is 12.5 Å². The zero-order valence-corrected chi connectivity index (χ0v) is 12.7. The zero-order chi connectivity index (χ0) is 15.2. The van der Waals surface area contributed by atoms with Crippen LogP contribution in [-0.4, -0.2) is 44.9 Å². The van der Waals surface area contributed by atoms with Crippen molar-refractivity contribution < 1.29 is 19.0 Å². The number of nitrogens with two attached hydrogens (primary N) is 1. The molecule has 2 rings (SSSR count). The molecule has 0 radical (unpaired) electrons. The number of carbonyl (C=O) groups excluding carboxylic acids is 1. The van der Waals surface area contributed by atoms with E-state index in [0.717, 1.165) is 4.70 Å². The maximum atomic E-state index is 11.7. The minimum atomic E-state index is -0.267. The average molecular weight is 311 g/mol. The van der Waals surface area contributed by atoms with E-state index < -0.39 is 0 Å². The van der Waals surface area contributed by atoms with E-state index in [1.54, 1.807) is 26.4 Å². The Labute approximate surface area is 126 Å². The topological polar surface area (TPSA) is 95.7 Å². The molecular formula is C13H17N3O4S. The lowest BCUT2D eigenvalue weighted by atomic mass is 10.3. The van der Waals surface area contributed by atoms with Crippen molar-refractivity contribution in [2.75, 3.05) is 45.1 Å². The van der Waals surface area contributed by atoms with Crippen LogP contribution in [0.25, 0.3) is 10.2 Å². The molecule has 0 fully saturated rings. The van der Waals surface area contributed by atoms with Crippen LogP contribution in [0.4, 0.5) is 10.8 Å². The molecule has 0 atom stereocenters. The van der Waals surface area contributed by atoms with Gasteiger partial charge in [0, 0.05) is 18.9 Å². The number of hydrogen-bond acceptors (Lipinski definition) is 7. The molecule has 0 aliphatic carbocycles. The van der Waals surface area contributed by atoms with Gasteiger partial charge in [0.05, 0.1) is 25.0 Å². The molecular weight excluding hydrogens is 294 g/mol. The number of thiazole rings is 1. The predicted molar refractivity (Wildman–Crippen MR) is 81.9 cm³/mol. The van der Waals surface area contributed by atoms with Crippen molar-refractivity contribution in [2.45, 2.75) is 0 Å². The van der Waals surface area contributed by atoms with Crippen molar-refractivity contribution in [1.29, 1.82) is 0 Å². The Morgan fingerprint density at radius 2 is 2.19 bits per heavy atom. The summed E-state index contributed by atoms with van der Waals surface area (Å²) in [6.45, 7) is 0.775. The Balaban J connectivity index is 2.04. The number of rotatable bonds is 7. The Bertz CT molecular complexity index is 629. The summed E-state index contributed by atoms with van der Waals surface area (Å²) in [5, 5.41) is 3.17. The fourth-order valence-electron chi connectivity index (χ4n) is 1.69. The number of nitrogen functional groups attached to an aromatic ring is 1. The summed E-state index contributed by atoms with van der Waals surface area (Å²) >= 11 is 1.33. The van der Waals surface area contributed by atoms with E-state index in [2.05, 4.69) is 10.3 Å². The first kappa shape index (κ1) is 15.5. The minimum Gasteiger partial charge on any atom is -0.494 e. The Morgan fingerprint density at radius 1 is 1.38 bits per heavy atom. The number of ether oxygens (including phenoxy) is 3. The minimum absolute atomic E-state index is 0.0431. The number of anilines is 2. The van der Waals surface area contributed by atoms with Crippen molar-refractivity contribution in [2.24, 2.45) is 0 Å². The Kier molecular flexibility index (Phi) is 5.32. The van der Waals surface area contributed by atoms with Crippen LogP contribution in [0.3, 0.4) is 0 Å². The predicted octanol–water partition coefficient (Wildman–Crippen LogP) is 1.49. The SMILES string of the molecule is COCCOCC(=O)Nc1nc2c(OC)cc(N)cc2s1. The number of benzene rings is 1. The third-order valence-corrected chi connectivity index (χ3v) is 3.53. The maximum Gasteiger partial charge on any atom is 0.252 e. The van der Waals surface area contributed by atoms with Gasteiger partial charge in [-0.15, -0.1) is 0 Å². The first-order valence-corrected chi connectivity index (χ1v) is 7.06. The number of hydrogen-bond donors (Lipinski definition) is 2. The van der Waals surface area contributed by atoms with Crippen LogP contribution in [0.5, 0.6) is 5.75 Å². The monoisotopic (exact) mass is 311 g/mol. The van der Waals surface area contributed by atoms with Gasteiger partial charge in [-0.25, -0.2) is 4.98 Å². The molecule has 1 amide bonds. The van der Waals surface area contributed by atoms with E-state index in [1.807, 2.05) is 0 Å². The number of fused-ring (bicyclic) bond motifs is 1. The van der Waals surface area contributed by atoms with Crippen LogP contribution in [0, 0.1) is 0 Å². The van der Waals surface area contributed by atoms with Gasteiger partial charge in [0.25, 0.3) is 5.91 Å². The summed E-state index contributed by atoms with van der Waals surface area (Å²) in [6.07, 6.45) is 0. The molecule has 0 bridgehead atoms. The second-order valence-corrected chi connectivity index (χ2v) is 5.21. The van der Waals surface area contributed by atoms with Crippen LogP contribution in [0.2, 0.25) is 0 Å². The first-order chi connectivity index (χ1) is 10.1. The fraction of sp³-hybridized carbons (Fsp3) is 0.385. The highest BCUT2D eigenvalue weighted by Gasteiger charge is 2.12. The molecule has 114 valence electrons. The van der Waals surface area contributed by atoms with Gasteiger partial charge < -0.3 is 19.9 Å². The van der Waals surface area contributed by atoms with Crippen LogP contribution >= 0.6 is 11.3 Å². The summed E-state index contributed by atoms with van der Waals surface area (Å²) in [5.74, 6) is 0.315. The Hall–Kier alpha value is -1.90. The van der Waals surface area contributed by atoms with Gasteiger partial charge in [0.2, 0.25) is 0 Å². The molecule has 0 aliphatic heterocycles. The van der Waals surface area contributed by atoms with Gasteiger partial charge in [-0.3, -0.25) is 10.1 Å². The second-order valence-electron chi connectivity index (χ2n) is 4.18. The number of amides is 1. The molecule has 0 unspecified atom stereocenters. The zero-order valence-electron chi connectivity index (χ0n) is 11.8. The molecule has 0 aliphatic rings. The van der Waals surface area contributed by atoms with Gasteiger partial charge in [0.1, 0.15) is 17.9 Å². The highest BCUT2D eigenvalue weighted by atomic mass is 32.1. The van der Waals surface area contributed by atoms with Crippen molar-refractivity contribution in [3.8, 4) is 5.75 Å². The lowest BCUT2D eigenvalue weighted by Crippen LogP contribution is -2.19. The summed E-state index contributed by atoms with van der Waals surface area (Å²) in [6, 6.07) is 3.49. The van der Waals surface area contributed by atoms with Gasteiger partial charge in [-0.1, -0.05) is 11.3 Å². The molecule has 0 saturated heterocycles. The normalized spacial score (nSPS) is 10.8. The van der Waals surface area contributed by atoms with Gasteiger partial charge in [-0.2, -0.15) is 0 Å². The maximum absolute atomic E-state index is 11.7.